The van der Waals surface area contributed by atoms with Gasteiger partial charge in [0, 0.05) is 26.2 Å². The highest BCUT2D eigenvalue weighted by atomic mass is 16.5. The number of carbonyl (C=O) groups is 1. The maximum Gasteiger partial charge on any atom is 0.250 e. The molecule has 0 saturated carbocycles. The minimum Gasteiger partial charge on any atom is -0.372 e. The Morgan fingerprint density at radius 2 is 1.44 bits per heavy atom. The number of nitrogens with zero attached hydrogens (tertiary/aromatic N) is 1. The Morgan fingerprint density at radius 1 is 0.844 bits per heavy atom. The van der Waals surface area contributed by atoms with Crippen LogP contribution in [-0.2, 0) is 40.6 Å². The van der Waals surface area contributed by atoms with Crippen LogP contribution in [0, 0.1) is 0 Å². The third-order valence-electron chi connectivity index (χ3n) is 5.56. The zero-order valence-electron chi connectivity index (χ0n) is 18.3. The molecule has 0 radical (unpaired) electrons. The van der Waals surface area contributed by atoms with Crippen LogP contribution >= 0.6 is 0 Å². The highest BCUT2D eigenvalue weighted by Gasteiger charge is 2.26. The first-order valence-electron chi connectivity index (χ1n) is 11.1. The van der Waals surface area contributed by atoms with Gasteiger partial charge in [-0.1, -0.05) is 84.9 Å². The molecular formula is C27H30N2O3. The molecule has 1 aliphatic heterocycles. The van der Waals surface area contributed by atoms with Gasteiger partial charge in [0.2, 0.25) is 0 Å². The lowest BCUT2D eigenvalue weighted by Crippen LogP contribution is -2.49. The van der Waals surface area contributed by atoms with Crippen LogP contribution in [0.2, 0.25) is 0 Å². The molecule has 1 unspecified atom stereocenters. The molecule has 0 aliphatic carbocycles. The number of benzene rings is 3. The minimum absolute atomic E-state index is 0.0574. The molecule has 1 N–H and O–H groups in total. The summed E-state index contributed by atoms with van der Waals surface area (Å²) in [4.78, 5) is 14.9. The van der Waals surface area contributed by atoms with Gasteiger partial charge in [-0.2, -0.15) is 0 Å². The van der Waals surface area contributed by atoms with Crippen molar-refractivity contribution >= 4 is 5.91 Å². The summed E-state index contributed by atoms with van der Waals surface area (Å²) in [6, 6.07) is 28.6. The van der Waals surface area contributed by atoms with Crippen molar-refractivity contribution in [2.45, 2.75) is 32.4 Å². The molecule has 1 atom stereocenters. The molecule has 0 aromatic heterocycles. The third-order valence-corrected chi connectivity index (χ3v) is 5.56. The monoisotopic (exact) mass is 430 g/mol. The van der Waals surface area contributed by atoms with E-state index in [4.69, 9.17) is 9.47 Å². The Hall–Kier alpha value is -2.99. The van der Waals surface area contributed by atoms with E-state index in [1.54, 1.807) is 0 Å². The summed E-state index contributed by atoms with van der Waals surface area (Å²) in [6.07, 6.45) is -0.432. The fourth-order valence-corrected chi connectivity index (χ4v) is 3.76. The number of nitrogens with one attached hydrogen (secondary N) is 1. The van der Waals surface area contributed by atoms with E-state index in [1.165, 1.54) is 11.1 Å². The number of rotatable bonds is 9. The molecule has 1 heterocycles. The fraction of sp³-hybridized carbons (Fsp3) is 0.296. The van der Waals surface area contributed by atoms with E-state index in [9.17, 15) is 4.79 Å². The molecule has 5 heteroatoms. The van der Waals surface area contributed by atoms with Gasteiger partial charge in [-0.25, -0.2) is 0 Å². The second-order valence-corrected chi connectivity index (χ2v) is 8.09. The predicted octanol–water partition coefficient (Wildman–Crippen LogP) is 3.92. The molecule has 0 spiro atoms. The molecular weight excluding hydrogens is 400 g/mol. The topological polar surface area (TPSA) is 50.8 Å². The molecule has 32 heavy (non-hydrogen) atoms. The first-order valence-corrected chi connectivity index (χ1v) is 11.1. The van der Waals surface area contributed by atoms with Crippen LogP contribution in [0.3, 0.4) is 0 Å². The predicted molar refractivity (Wildman–Crippen MR) is 125 cm³/mol. The third kappa shape index (κ3) is 6.76. The van der Waals surface area contributed by atoms with Gasteiger partial charge in [0.15, 0.2) is 0 Å². The molecule has 4 rings (SSSR count). The van der Waals surface area contributed by atoms with E-state index < -0.39 is 6.10 Å². The Kier molecular flexibility index (Phi) is 8.04. The zero-order chi connectivity index (χ0) is 22.0. The highest BCUT2D eigenvalue weighted by Crippen LogP contribution is 2.12. The number of carbonyl (C=O) groups excluding carboxylic acids is 1. The summed E-state index contributed by atoms with van der Waals surface area (Å²) in [5.41, 5.74) is 4.59. The Bertz CT molecular complexity index is 961. The molecule has 3 aromatic carbocycles. The van der Waals surface area contributed by atoms with Gasteiger partial charge in [-0.3, -0.25) is 9.69 Å². The lowest BCUT2D eigenvalue weighted by Gasteiger charge is -2.32. The number of amides is 1. The maximum absolute atomic E-state index is 12.6. The zero-order valence-corrected chi connectivity index (χ0v) is 18.3. The van der Waals surface area contributed by atoms with Crippen LogP contribution in [0.4, 0.5) is 0 Å². The second-order valence-electron chi connectivity index (χ2n) is 8.09. The molecule has 166 valence electrons. The SMILES string of the molecule is O=C(NCc1ccc(COCc2ccccc2)cc1)C1CN(Cc2ccccc2)CCO1. The largest absolute Gasteiger partial charge is 0.372 e. The van der Waals surface area contributed by atoms with Crippen LogP contribution in [0.25, 0.3) is 0 Å². The molecule has 1 saturated heterocycles. The smallest absolute Gasteiger partial charge is 0.250 e. The van der Waals surface area contributed by atoms with E-state index in [0.29, 0.717) is 32.9 Å². The van der Waals surface area contributed by atoms with Gasteiger partial charge in [0.1, 0.15) is 6.10 Å². The van der Waals surface area contributed by atoms with E-state index >= 15 is 0 Å². The maximum atomic E-state index is 12.6. The first kappa shape index (κ1) is 22.2. The van der Waals surface area contributed by atoms with Crippen molar-refractivity contribution in [3.05, 3.63) is 107 Å². The number of hydrogen-bond donors (Lipinski definition) is 1. The molecule has 3 aromatic rings. The van der Waals surface area contributed by atoms with Crippen LogP contribution in [0.1, 0.15) is 22.3 Å². The Labute approximate surface area is 190 Å². The molecule has 5 nitrogen and oxygen atoms in total. The van der Waals surface area contributed by atoms with Gasteiger partial charge in [0.25, 0.3) is 5.91 Å². The molecule has 1 amide bonds. The standard InChI is InChI=1S/C27H30N2O3/c30-27(26-19-29(15-16-32-26)18-23-7-3-1-4-8-23)28-17-22-11-13-25(14-12-22)21-31-20-24-9-5-2-6-10-24/h1-14,26H,15-21H2,(H,28,30). The summed E-state index contributed by atoms with van der Waals surface area (Å²) < 4.78 is 11.5. The Balaban J connectivity index is 1.19. The average molecular weight is 431 g/mol. The lowest BCUT2D eigenvalue weighted by molar-refractivity contribution is -0.139. The number of hydrogen-bond acceptors (Lipinski definition) is 4. The van der Waals surface area contributed by atoms with E-state index in [1.807, 2.05) is 60.7 Å². The van der Waals surface area contributed by atoms with Gasteiger partial charge in [0.05, 0.1) is 19.8 Å². The van der Waals surface area contributed by atoms with Crippen molar-refractivity contribution in [2.75, 3.05) is 19.7 Å². The molecule has 0 bridgehead atoms. The van der Waals surface area contributed by atoms with Crippen molar-refractivity contribution in [3.63, 3.8) is 0 Å². The average Bonchev–Trinajstić information content (AvgIpc) is 2.85. The van der Waals surface area contributed by atoms with Crippen molar-refractivity contribution in [3.8, 4) is 0 Å². The Morgan fingerprint density at radius 3 is 2.12 bits per heavy atom. The van der Waals surface area contributed by atoms with E-state index in [0.717, 1.165) is 24.2 Å². The highest BCUT2D eigenvalue weighted by molar-refractivity contribution is 5.81. The molecule has 1 aliphatic rings. The van der Waals surface area contributed by atoms with Crippen LogP contribution in [0.15, 0.2) is 84.9 Å². The summed E-state index contributed by atoms with van der Waals surface area (Å²) in [5, 5.41) is 3.02. The van der Waals surface area contributed by atoms with Gasteiger partial charge >= 0.3 is 0 Å². The van der Waals surface area contributed by atoms with Crippen LogP contribution in [-0.4, -0.2) is 36.6 Å². The summed E-state index contributed by atoms with van der Waals surface area (Å²) in [6.45, 7) is 4.51. The number of morpholine rings is 1. The first-order chi connectivity index (χ1) is 15.8. The number of ether oxygens (including phenoxy) is 2. The second kappa shape index (κ2) is 11.6. The quantitative estimate of drug-likeness (QED) is 0.559. The fourth-order valence-electron chi connectivity index (χ4n) is 3.76. The van der Waals surface area contributed by atoms with Crippen molar-refractivity contribution < 1.29 is 14.3 Å². The molecule has 1 fully saturated rings. The van der Waals surface area contributed by atoms with Crippen LogP contribution in [0.5, 0.6) is 0 Å². The summed E-state index contributed by atoms with van der Waals surface area (Å²) in [5.74, 6) is -0.0574. The van der Waals surface area contributed by atoms with E-state index in [2.05, 4.69) is 34.5 Å². The van der Waals surface area contributed by atoms with Gasteiger partial charge in [-0.05, 0) is 22.3 Å². The van der Waals surface area contributed by atoms with Crippen molar-refractivity contribution in [2.24, 2.45) is 0 Å². The summed E-state index contributed by atoms with van der Waals surface area (Å²) in [7, 11) is 0. The minimum atomic E-state index is -0.432. The van der Waals surface area contributed by atoms with Gasteiger partial charge in [-0.15, -0.1) is 0 Å². The lowest BCUT2D eigenvalue weighted by atomic mass is 10.1. The summed E-state index contributed by atoms with van der Waals surface area (Å²) >= 11 is 0. The van der Waals surface area contributed by atoms with Crippen molar-refractivity contribution in [1.29, 1.82) is 0 Å². The van der Waals surface area contributed by atoms with Gasteiger partial charge < -0.3 is 14.8 Å². The van der Waals surface area contributed by atoms with Crippen LogP contribution < -0.4 is 5.32 Å². The van der Waals surface area contributed by atoms with Crippen molar-refractivity contribution in [1.82, 2.24) is 10.2 Å². The van der Waals surface area contributed by atoms with E-state index in [-0.39, 0.29) is 5.91 Å². The normalized spacial score (nSPS) is 16.6.